The van der Waals surface area contributed by atoms with E-state index in [0.29, 0.717) is 18.1 Å². The van der Waals surface area contributed by atoms with Crippen LogP contribution in [0.3, 0.4) is 0 Å². The molecule has 1 fully saturated rings. The summed E-state index contributed by atoms with van der Waals surface area (Å²) >= 11 is 0. The zero-order valence-electron chi connectivity index (χ0n) is 20.8. The number of nitrogens with zero attached hydrogens (tertiary/aromatic N) is 3. The van der Waals surface area contributed by atoms with Gasteiger partial charge in [-0.1, -0.05) is 63.0 Å². The molecule has 182 valence electrons. The maximum Gasteiger partial charge on any atom is 0.300 e. The van der Waals surface area contributed by atoms with E-state index >= 15 is 0 Å². The molecule has 35 heavy (non-hydrogen) atoms. The molecule has 2 aromatic carbocycles. The second kappa shape index (κ2) is 12.3. The fourth-order valence-corrected chi connectivity index (χ4v) is 4.61. The Morgan fingerprint density at radius 3 is 2.43 bits per heavy atom. The standard InChI is InChI=1S/C29H35N5O/c1-34(2)18-8-11-28(35)32-25-16-17-27-26(20-25)29(31-21-30-27)33-24-14-12-23(13-15-24)19-22-9-6-4-3-5-7-10-22/h12-17,20-22H,3-7,9-10,18-19H2,1-2H3,(H,32,35)(H,30,31,33). The van der Waals surface area contributed by atoms with E-state index in [2.05, 4.69) is 56.7 Å². The second-order valence-electron chi connectivity index (χ2n) is 9.69. The first-order valence-corrected chi connectivity index (χ1v) is 12.6. The van der Waals surface area contributed by atoms with Crippen LogP contribution in [0.2, 0.25) is 0 Å². The molecule has 2 N–H and O–H groups in total. The number of amides is 1. The molecule has 1 aliphatic carbocycles. The van der Waals surface area contributed by atoms with Crippen molar-refractivity contribution in [1.82, 2.24) is 14.9 Å². The van der Waals surface area contributed by atoms with E-state index in [4.69, 9.17) is 0 Å². The van der Waals surface area contributed by atoms with Crippen molar-refractivity contribution in [3.63, 3.8) is 0 Å². The van der Waals surface area contributed by atoms with Crippen molar-refractivity contribution >= 4 is 34.0 Å². The van der Waals surface area contributed by atoms with E-state index in [1.54, 1.807) is 6.33 Å². The summed E-state index contributed by atoms with van der Waals surface area (Å²) in [5, 5.41) is 7.10. The van der Waals surface area contributed by atoms with Crippen LogP contribution in [0.1, 0.15) is 50.5 Å². The molecular formula is C29H35N5O. The highest BCUT2D eigenvalue weighted by atomic mass is 16.1. The molecule has 6 nitrogen and oxygen atoms in total. The molecular weight excluding hydrogens is 434 g/mol. The van der Waals surface area contributed by atoms with Crippen molar-refractivity contribution in [2.24, 2.45) is 5.92 Å². The average molecular weight is 470 g/mol. The highest BCUT2D eigenvalue weighted by Crippen LogP contribution is 2.28. The van der Waals surface area contributed by atoms with Crippen LogP contribution in [0.15, 0.2) is 48.8 Å². The van der Waals surface area contributed by atoms with Gasteiger partial charge in [-0.2, -0.15) is 0 Å². The average Bonchev–Trinajstić information content (AvgIpc) is 2.82. The first-order chi connectivity index (χ1) is 17.1. The van der Waals surface area contributed by atoms with Gasteiger partial charge in [0, 0.05) is 16.8 Å². The molecule has 0 radical (unpaired) electrons. The number of rotatable bonds is 6. The van der Waals surface area contributed by atoms with Gasteiger partial charge in [-0.15, -0.1) is 0 Å². The largest absolute Gasteiger partial charge is 0.340 e. The van der Waals surface area contributed by atoms with Crippen molar-refractivity contribution in [2.45, 2.75) is 51.4 Å². The Morgan fingerprint density at radius 1 is 0.971 bits per heavy atom. The number of nitrogens with one attached hydrogen (secondary N) is 2. The maximum atomic E-state index is 12.2. The van der Waals surface area contributed by atoms with Gasteiger partial charge in [0.25, 0.3) is 5.91 Å². The van der Waals surface area contributed by atoms with E-state index in [9.17, 15) is 4.79 Å². The molecule has 1 saturated carbocycles. The molecule has 0 unspecified atom stereocenters. The number of anilines is 3. The zero-order chi connectivity index (χ0) is 24.5. The molecule has 0 bridgehead atoms. The molecule has 1 heterocycles. The summed E-state index contributed by atoms with van der Waals surface area (Å²) in [5.41, 5.74) is 3.85. The van der Waals surface area contributed by atoms with E-state index in [0.717, 1.165) is 28.9 Å². The van der Waals surface area contributed by atoms with Gasteiger partial charge >= 0.3 is 0 Å². The van der Waals surface area contributed by atoms with Crippen molar-refractivity contribution in [2.75, 3.05) is 31.3 Å². The fraction of sp³-hybridized carbons (Fsp3) is 0.414. The third kappa shape index (κ3) is 7.53. The molecule has 1 aliphatic rings. The number of aromatic nitrogens is 2. The Bertz CT molecular complexity index is 1190. The lowest BCUT2D eigenvalue weighted by atomic mass is 9.87. The van der Waals surface area contributed by atoms with Crippen LogP contribution in [0, 0.1) is 17.8 Å². The Labute approximate surface area is 208 Å². The fourth-order valence-electron chi connectivity index (χ4n) is 4.61. The minimum Gasteiger partial charge on any atom is -0.340 e. The van der Waals surface area contributed by atoms with Gasteiger partial charge in [0.2, 0.25) is 0 Å². The third-order valence-corrected chi connectivity index (χ3v) is 6.46. The van der Waals surface area contributed by atoms with Crippen molar-refractivity contribution < 1.29 is 4.79 Å². The predicted octanol–water partition coefficient (Wildman–Crippen LogP) is 5.78. The molecule has 0 aliphatic heterocycles. The normalized spacial score (nSPS) is 14.6. The summed E-state index contributed by atoms with van der Waals surface area (Å²) in [6.07, 6.45) is 12.4. The Hall–Kier alpha value is -3.43. The molecule has 0 spiro atoms. The summed E-state index contributed by atoms with van der Waals surface area (Å²) in [6.45, 7) is 0.534. The topological polar surface area (TPSA) is 70.2 Å². The number of hydrogen-bond donors (Lipinski definition) is 2. The Morgan fingerprint density at radius 2 is 1.69 bits per heavy atom. The lowest BCUT2D eigenvalue weighted by Crippen LogP contribution is -2.13. The van der Waals surface area contributed by atoms with Crippen LogP contribution in [0.25, 0.3) is 10.9 Å². The second-order valence-corrected chi connectivity index (χ2v) is 9.69. The van der Waals surface area contributed by atoms with Gasteiger partial charge in [0.05, 0.1) is 12.1 Å². The van der Waals surface area contributed by atoms with Crippen LogP contribution in [-0.4, -0.2) is 41.4 Å². The quantitative estimate of drug-likeness (QED) is 0.448. The summed E-state index contributed by atoms with van der Waals surface area (Å²) in [6, 6.07) is 14.3. The smallest absolute Gasteiger partial charge is 0.300 e. The lowest BCUT2D eigenvalue weighted by molar-refractivity contribution is -0.111. The van der Waals surface area contributed by atoms with Gasteiger partial charge in [-0.25, -0.2) is 9.97 Å². The first kappa shape index (κ1) is 24.7. The van der Waals surface area contributed by atoms with Crippen LogP contribution < -0.4 is 10.6 Å². The van der Waals surface area contributed by atoms with E-state index < -0.39 is 0 Å². The number of carbonyl (C=O) groups excluding carboxylic acids is 1. The number of benzene rings is 2. The zero-order valence-corrected chi connectivity index (χ0v) is 20.8. The number of carbonyl (C=O) groups is 1. The van der Waals surface area contributed by atoms with E-state index in [1.165, 1.54) is 50.5 Å². The molecule has 1 amide bonds. The maximum absolute atomic E-state index is 12.2. The van der Waals surface area contributed by atoms with Gasteiger partial charge in [-0.3, -0.25) is 9.69 Å². The molecule has 1 aromatic heterocycles. The summed E-state index contributed by atoms with van der Waals surface area (Å²) in [7, 11) is 3.83. The third-order valence-electron chi connectivity index (χ3n) is 6.46. The summed E-state index contributed by atoms with van der Waals surface area (Å²) < 4.78 is 0. The SMILES string of the molecule is CN(C)CC#CC(=O)Nc1ccc2ncnc(Nc3ccc(CC4CCCCCCC4)cc3)c2c1. The van der Waals surface area contributed by atoms with Crippen LogP contribution in [0.4, 0.5) is 17.2 Å². The minimum absolute atomic E-state index is 0.336. The highest BCUT2D eigenvalue weighted by Gasteiger charge is 2.12. The van der Waals surface area contributed by atoms with Crippen LogP contribution in [0.5, 0.6) is 0 Å². The number of hydrogen-bond acceptors (Lipinski definition) is 5. The molecule has 0 atom stereocenters. The first-order valence-electron chi connectivity index (χ1n) is 12.6. The highest BCUT2D eigenvalue weighted by molar-refractivity contribution is 6.05. The van der Waals surface area contributed by atoms with E-state index in [-0.39, 0.29) is 5.91 Å². The minimum atomic E-state index is -0.336. The predicted molar refractivity (Wildman–Crippen MR) is 144 cm³/mol. The van der Waals surface area contributed by atoms with E-state index in [1.807, 2.05) is 37.2 Å². The van der Waals surface area contributed by atoms with Crippen LogP contribution >= 0.6 is 0 Å². The molecule has 0 saturated heterocycles. The van der Waals surface area contributed by atoms with Crippen molar-refractivity contribution in [1.29, 1.82) is 0 Å². The molecule has 4 rings (SSSR count). The van der Waals surface area contributed by atoms with Gasteiger partial charge in [-0.05, 0) is 68.2 Å². The summed E-state index contributed by atoms with van der Waals surface area (Å²) in [5.74, 6) is 6.64. The monoisotopic (exact) mass is 469 g/mol. The Kier molecular flexibility index (Phi) is 8.69. The molecule has 6 heteroatoms. The van der Waals surface area contributed by atoms with Gasteiger partial charge in [0.15, 0.2) is 0 Å². The lowest BCUT2D eigenvalue weighted by Gasteiger charge is -2.19. The van der Waals surface area contributed by atoms with Crippen molar-refractivity contribution in [3.05, 3.63) is 54.4 Å². The number of fused-ring (bicyclic) bond motifs is 1. The summed E-state index contributed by atoms with van der Waals surface area (Å²) in [4.78, 5) is 22.9. The van der Waals surface area contributed by atoms with Crippen molar-refractivity contribution in [3.8, 4) is 11.8 Å². The van der Waals surface area contributed by atoms with Gasteiger partial charge in [0.1, 0.15) is 12.1 Å². The molecule has 3 aromatic rings. The van der Waals surface area contributed by atoms with Crippen LogP contribution in [-0.2, 0) is 11.2 Å². The van der Waals surface area contributed by atoms with Gasteiger partial charge < -0.3 is 10.6 Å². The Balaban J connectivity index is 1.44.